The van der Waals surface area contributed by atoms with Crippen molar-refractivity contribution in [2.75, 3.05) is 5.73 Å². The Kier molecular flexibility index (Phi) is 3.99. The molecule has 0 radical (unpaired) electrons. The summed E-state index contributed by atoms with van der Waals surface area (Å²) in [6, 6.07) is 10.1. The predicted octanol–water partition coefficient (Wildman–Crippen LogP) is 2.39. The van der Waals surface area contributed by atoms with E-state index in [0.717, 1.165) is 4.90 Å². The summed E-state index contributed by atoms with van der Waals surface area (Å²) in [7, 11) is 0. The third-order valence-electron chi connectivity index (χ3n) is 1.91. The molecule has 0 aliphatic carbocycles. The third kappa shape index (κ3) is 3.59. The number of aromatic nitrogens is 3. The zero-order valence-corrected chi connectivity index (χ0v) is 11.0. The van der Waals surface area contributed by atoms with Crippen LogP contribution in [0.2, 0.25) is 0 Å². The van der Waals surface area contributed by atoms with E-state index in [1.54, 1.807) is 0 Å². The van der Waals surface area contributed by atoms with E-state index in [1.807, 2.05) is 44.2 Å². The number of rotatable bonds is 4. The van der Waals surface area contributed by atoms with Gasteiger partial charge in [0, 0.05) is 4.90 Å². The first-order chi connectivity index (χ1) is 8.63. The maximum Gasteiger partial charge on any atom is 0.322 e. The number of hydrogen-bond acceptors (Lipinski definition) is 6. The molecule has 0 aliphatic rings. The van der Waals surface area contributed by atoms with Gasteiger partial charge in [-0.3, -0.25) is 0 Å². The summed E-state index contributed by atoms with van der Waals surface area (Å²) in [5.41, 5.74) is 5.63. The Hall–Kier alpha value is -1.82. The number of nitrogens with zero attached hydrogens (tertiary/aromatic N) is 3. The van der Waals surface area contributed by atoms with E-state index in [-0.39, 0.29) is 18.1 Å². The van der Waals surface area contributed by atoms with Crippen LogP contribution in [-0.4, -0.2) is 21.1 Å². The lowest BCUT2D eigenvalue weighted by atomic mass is 10.4. The molecule has 1 aromatic carbocycles. The van der Waals surface area contributed by atoms with Crippen molar-refractivity contribution in [2.45, 2.75) is 30.0 Å². The van der Waals surface area contributed by atoms with E-state index in [0.29, 0.717) is 5.16 Å². The van der Waals surface area contributed by atoms with Gasteiger partial charge < -0.3 is 10.5 Å². The molecule has 0 fully saturated rings. The van der Waals surface area contributed by atoms with Gasteiger partial charge in [0.2, 0.25) is 11.1 Å². The van der Waals surface area contributed by atoms with Crippen LogP contribution in [0.25, 0.3) is 0 Å². The summed E-state index contributed by atoms with van der Waals surface area (Å²) in [4.78, 5) is 13.3. The summed E-state index contributed by atoms with van der Waals surface area (Å²) in [5.74, 6) is 0.166. The summed E-state index contributed by atoms with van der Waals surface area (Å²) >= 11 is 1.42. The molecule has 6 heteroatoms. The molecule has 94 valence electrons. The summed E-state index contributed by atoms with van der Waals surface area (Å²) in [6.07, 6.45) is 0.00127. The van der Waals surface area contributed by atoms with Crippen molar-refractivity contribution in [1.82, 2.24) is 15.0 Å². The van der Waals surface area contributed by atoms with Crippen molar-refractivity contribution in [2.24, 2.45) is 0 Å². The van der Waals surface area contributed by atoms with Crippen molar-refractivity contribution in [3.63, 3.8) is 0 Å². The molecule has 1 aromatic heterocycles. The molecule has 0 atom stereocenters. The lowest BCUT2D eigenvalue weighted by Gasteiger charge is -2.08. The summed E-state index contributed by atoms with van der Waals surface area (Å²) < 4.78 is 5.42. The molecule has 0 saturated carbocycles. The number of anilines is 1. The van der Waals surface area contributed by atoms with Crippen LogP contribution in [0, 0.1) is 0 Å². The van der Waals surface area contributed by atoms with E-state index >= 15 is 0 Å². The Labute approximate surface area is 110 Å². The van der Waals surface area contributed by atoms with Gasteiger partial charge in [-0.15, -0.1) is 0 Å². The van der Waals surface area contributed by atoms with Gasteiger partial charge in [-0.05, 0) is 37.7 Å². The highest BCUT2D eigenvalue weighted by Crippen LogP contribution is 2.25. The third-order valence-corrected chi connectivity index (χ3v) is 2.78. The van der Waals surface area contributed by atoms with Crippen LogP contribution in [0.5, 0.6) is 6.01 Å². The van der Waals surface area contributed by atoms with Crippen LogP contribution < -0.4 is 10.5 Å². The zero-order valence-electron chi connectivity index (χ0n) is 10.2. The molecule has 2 N–H and O–H groups in total. The number of nitrogen functional groups attached to an aromatic ring is 1. The van der Waals surface area contributed by atoms with Crippen LogP contribution >= 0.6 is 11.8 Å². The van der Waals surface area contributed by atoms with Gasteiger partial charge in [-0.1, -0.05) is 18.2 Å². The van der Waals surface area contributed by atoms with E-state index in [1.165, 1.54) is 11.8 Å². The molecule has 2 rings (SSSR count). The minimum Gasteiger partial charge on any atom is -0.461 e. The maximum absolute atomic E-state index is 5.63. The van der Waals surface area contributed by atoms with Crippen LogP contribution in [0.3, 0.4) is 0 Å². The Bertz CT molecular complexity index is 519. The van der Waals surface area contributed by atoms with Crippen molar-refractivity contribution < 1.29 is 4.74 Å². The van der Waals surface area contributed by atoms with Crippen LogP contribution in [0.15, 0.2) is 40.4 Å². The van der Waals surface area contributed by atoms with Gasteiger partial charge in [-0.25, -0.2) is 0 Å². The standard InChI is InChI=1S/C12H14N4OS/c1-8(2)17-11-14-10(13)15-12(16-11)18-9-6-4-3-5-7-9/h3-8H,1-2H3,(H2,13,14,15,16). The SMILES string of the molecule is CC(C)Oc1nc(N)nc(Sc2ccccc2)n1. The highest BCUT2D eigenvalue weighted by Gasteiger charge is 2.08. The molecule has 0 bridgehead atoms. The lowest BCUT2D eigenvalue weighted by molar-refractivity contribution is 0.219. The molecule has 0 aliphatic heterocycles. The first-order valence-corrected chi connectivity index (χ1v) is 6.36. The first kappa shape index (κ1) is 12.6. The van der Waals surface area contributed by atoms with E-state index in [9.17, 15) is 0 Å². The summed E-state index contributed by atoms with van der Waals surface area (Å²) in [5, 5.41) is 0.532. The fraction of sp³-hybridized carbons (Fsp3) is 0.250. The zero-order chi connectivity index (χ0) is 13.0. The van der Waals surface area contributed by atoms with E-state index in [4.69, 9.17) is 10.5 Å². The Balaban J connectivity index is 2.20. The maximum atomic E-state index is 5.63. The molecule has 5 nitrogen and oxygen atoms in total. The second-order valence-electron chi connectivity index (χ2n) is 3.84. The quantitative estimate of drug-likeness (QED) is 0.912. The number of hydrogen-bond donors (Lipinski definition) is 1. The van der Waals surface area contributed by atoms with Crippen molar-refractivity contribution in [3.8, 4) is 6.01 Å². The predicted molar refractivity (Wildman–Crippen MR) is 70.6 cm³/mol. The largest absolute Gasteiger partial charge is 0.461 e. The Morgan fingerprint density at radius 1 is 1.11 bits per heavy atom. The van der Waals surface area contributed by atoms with Gasteiger partial charge in [0.1, 0.15) is 0 Å². The first-order valence-electron chi connectivity index (χ1n) is 5.54. The molecular formula is C12H14N4OS. The molecule has 0 unspecified atom stereocenters. The lowest BCUT2D eigenvalue weighted by Crippen LogP contribution is -2.10. The topological polar surface area (TPSA) is 73.9 Å². The number of nitrogens with two attached hydrogens (primary N) is 1. The van der Waals surface area contributed by atoms with E-state index < -0.39 is 0 Å². The van der Waals surface area contributed by atoms with Gasteiger partial charge in [0.25, 0.3) is 0 Å². The summed E-state index contributed by atoms with van der Waals surface area (Å²) in [6.45, 7) is 3.81. The number of ether oxygens (including phenoxy) is 1. The molecular weight excluding hydrogens is 248 g/mol. The normalized spacial score (nSPS) is 10.6. The average molecular weight is 262 g/mol. The highest BCUT2D eigenvalue weighted by molar-refractivity contribution is 7.99. The molecule has 18 heavy (non-hydrogen) atoms. The molecule has 0 saturated heterocycles. The highest BCUT2D eigenvalue weighted by atomic mass is 32.2. The second kappa shape index (κ2) is 5.68. The fourth-order valence-corrected chi connectivity index (χ4v) is 2.02. The van der Waals surface area contributed by atoms with Crippen LogP contribution in [0.1, 0.15) is 13.8 Å². The monoisotopic (exact) mass is 262 g/mol. The minimum absolute atomic E-state index is 0.00127. The van der Waals surface area contributed by atoms with Crippen molar-refractivity contribution in [1.29, 1.82) is 0 Å². The Morgan fingerprint density at radius 3 is 2.50 bits per heavy atom. The Morgan fingerprint density at radius 2 is 1.83 bits per heavy atom. The van der Waals surface area contributed by atoms with E-state index in [2.05, 4.69) is 15.0 Å². The molecule has 0 spiro atoms. The van der Waals surface area contributed by atoms with Crippen LogP contribution in [-0.2, 0) is 0 Å². The molecule has 1 heterocycles. The van der Waals surface area contributed by atoms with Gasteiger partial charge >= 0.3 is 6.01 Å². The molecule has 0 amide bonds. The second-order valence-corrected chi connectivity index (χ2v) is 4.88. The van der Waals surface area contributed by atoms with Gasteiger partial charge in [0.15, 0.2) is 0 Å². The minimum atomic E-state index is 0.00127. The van der Waals surface area contributed by atoms with Crippen molar-refractivity contribution in [3.05, 3.63) is 30.3 Å². The smallest absolute Gasteiger partial charge is 0.322 e. The number of benzene rings is 1. The fourth-order valence-electron chi connectivity index (χ4n) is 1.26. The average Bonchev–Trinajstić information content (AvgIpc) is 2.28. The molecule has 2 aromatic rings. The van der Waals surface area contributed by atoms with Gasteiger partial charge in [-0.2, -0.15) is 15.0 Å². The van der Waals surface area contributed by atoms with Gasteiger partial charge in [0.05, 0.1) is 6.10 Å². The van der Waals surface area contributed by atoms with Crippen molar-refractivity contribution >= 4 is 17.7 Å². The van der Waals surface area contributed by atoms with Crippen LogP contribution in [0.4, 0.5) is 5.95 Å².